The SMILES string of the molecule is CC/C=C(\CO)c1ccccc1. The summed E-state index contributed by atoms with van der Waals surface area (Å²) in [5.74, 6) is 0. The van der Waals surface area contributed by atoms with Gasteiger partial charge < -0.3 is 5.11 Å². The molecule has 0 atom stereocenters. The normalized spacial score (nSPS) is 11.7. The zero-order valence-electron chi connectivity index (χ0n) is 7.33. The Labute approximate surface area is 73.4 Å². The van der Waals surface area contributed by atoms with Gasteiger partial charge in [0.1, 0.15) is 0 Å². The van der Waals surface area contributed by atoms with Crippen molar-refractivity contribution in [3.05, 3.63) is 42.0 Å². The molecule has 1 heteroatoms. The van der Waals surface area contributed by atoms with Gasteiger partial charge in [-0.1, -0.05) is 43.3 Å². The predicted octanol–water partition coefficient (Wildman–Crippen LogP) is 2.47. The molecule has 0 amide bonds. The molecule has 0 bridgehead atoms. The number of aliphatic hydroxyl groups is 1. The summed E-state index contributed by atoms with van der Waals surface area (Å²) >= 11 is 0. The molecular weight excluding hydrogens is 148 g/mol. The minimum absolute atomic E-state index is 0.123. The van der Waals surface area contributed by atoms with Crippen molar-refractivity contribution < 1.29 is 5.11 Å². The van der Waals surface area contributed by atoms with E-state index in [0.717, 1.165) is 17.6 Å². The highest BCUT2D eigenvalue weighted by Crippen LogP contribution is 2.13. The Bertz CT molecular complexity index is 249. The summed E-state index contributed by atoms with van der Waals surface area (Å²) in [7, 11) is 0. The second-order valence-electron chi connectivity index (χ2n) is 2.66. The summed E-state index contributed by atoms with van der Waals surface area (Å²) in [6.45, 7) is 2.19. The first kappa shape index (κ1) is 9.01. The Kier molecular flexibility index (Phi) is 3.55. The van der Waals surface area contributed by atoms with Crippen molar-refractivity contribution >= 4 is 5.57 Å². The van der Waals surface area contributed by atoms with Crippen molar-refractivity contribution in [2.24, 2.45) is 0 Å². The molecule has 0 fully saturated rings. The number of allylic oxidation sites excluding steroid dienone is 1. The lowest BCUT2D eigenvalue weighted by Gasteiger charge is -2.02. The Morgan fingerprint density at radius 2 is 2.00 bits per heavy atom. The highest BCUT2D eigenvalue weighted by molar-refractivity contribution is 5.65. The molecule has 0 aliphatic heterocycles. The molecule has 64 valence electrons. The molecular formula is C11H14O. The minimum Gasteiger partial charge on any atom is -0.392 e. The van der Waals surface area contributed by atoms with Crippen LogP contribution in [0.15, 0.2) is 36.4 Å². The third-order valence-corrected chi connectivity index (χ3v) is 1.77. The molecule has 1 aromatic rings. The zero-order chi connectivity index (χ0) is 8.81. The molecule has 12 heavy (non-hydrogen) atoms. The number of hydrogen-bond donors (Lipinski definition) is 1. The lowest BCUT2D eigenvalue weighted by Crippen LogP contribution is -1.89. The second kappa shape index (κ2) is 4.73. The lowest BCUT2D eigenvalue weighted by molar-refractivity contribution is 0.350. The fraction of sp³-hybridized carbons (Fsp3) is 0.273. The van der Waals surface area contributed by atoms with Crippen molar-refractivity contribution in [1.82, 2.24) is 0 Å². The molecule has 1 nitrogen and oxygen atoms in total. The maximum Gasteiger partial charge on any atom is 0.0684 e. The summed E-state index contributed by atoms with van der Waals surface area (Å²) in [5, 5.41) is 9.04. The van der Waals surface area contributed by atoms with Gasteiger partial charge in [0, 0.05) is 0 Å². The van der Waals surface area contributed by atoms with Gasteiger partial charge in [0.15, 0.2) is 0 Å². The van der Waals surface area contributed by atoms with Crippen LogP contribution >= 0.6 is 0 Å². The largest absolute Gasteiger partial charge is 0.392 e. The van der Waals surface area contributed by atoms with Gasteiger partial charge in [0.2, 0.25) is 0 Å². The van der Waals surface area contributed by atoms with Gasteiger partial charge in [0.25, 0.3) is 0 Å². The van der Waals surface area contributed by atoms with Crippen LogP contribution in [0.2, 0.25) is 0 Å². The van der Waals surface area contributed by atoms with E-state index in [9.17, 15) is 0 Å². The van der Waals surface area contributed by atoms with E-state index in [1.165, 1.54) is 0 Å². The fourth-order valence-corrected chi connectivity index (χ4v) is 1.17. The van der Waals surface area contributed by atoms with Crippen molar-refractivity contribution in [3.8, 4) is 0 Å². The van der Waals surface area contributed by atoms with Gasteiger partial charge in [-0.15, -0.1) is 0 Å². The first-order valence-corrected chi connectivity index (χ1v) is 4.23. The quantitative estimate of drug-likeness (QED) is 0.724. The minimum atomic E-state index is 0.123. The van der Waals surface area contributed by atoms with Crippen molar-refractivity contribution in [2.75, 3.05) is 6.61 Å². The van der Waals surface area contributed by atoms with E-state index in [-0.39, 0.29) is 6.61 Å². The van der Waals surface area contributed by atoms with Gasteiger partial charge in [-0.05, 0) is 17.6 Å². The first-order chi connectivity index (χ1) is 5.88. The predicted molar refractivity (Wildman–Crippen MR) is 51.8 cm³/mol. The Morgan fingerprint density at radius 3 is 2.50 bits per heavy atom. The maximum atomic E-state index is 9.04. The van der Waals surface area contributed by atoms with Crippen LogP contribution in [0, 0.1) is 0 Å². The van der Waals surface area contributed by atoms with Crippen molar-refractivity contribution in [2.45, 2.75) is 13.3 Å². The van der Waals surface area contributed by atoms with E-state index in [2.05, 4.69) is 13.0 Å². The van der Waals surface area contributed by atoms with Crippen LogP contribution in [0.4, 0.5) is 0 Å². The van der Waals surface area contributed by atoms with Gasteiger partial charge in [-0.3, -0.25) is 0 Å². The average Bonchev–Trinajstić information content (AvgIpc) is 2.15. The summed E-state index contributed by atoms with van der Waals surface area (Å²) < 4.78 is 0. The summed E-state index contributed by atoms with van der Waals surface area (Å²) in [4.78, 5) is 0. The molecule has 0 aliphatic rings. The summed E-state index contributed by atoms with van der Waals surface area (Å²) in [5.41, 5.74) is 2.12. The first-order valence-electron chi connectivity index (χ1n) is 4.23. The Hall–Kier alpha value is -1.08. The third-order valence-electron chi connectivity index (χ3n) is 1.77. The number of aliphatic hydroxyl groups excluding tert-OH is 1. The maximum absolute atomic E-state index is 9.04. The standard InChI is InChI=1S/C11H14O/c1-2-6-11(9-12)10-7-4-3-5-8-10/h3-8,12H,2,9H2,1H3/b11-6+. The third kappa shape index (κ3) is 2.21. The Balaban J connectivity index is 2.88. The van der Waals surface area contributed by atoms with Crippen molar-refractivity contribution in [1.29, 1.82) is 0 Å². The van der Waals surface area contributed by atoms with E-state index < -0.39 is 0 Å². The topological polar surface area (TPSA) is 20.2 Å². The van der Waals surface area contributed by atoms with E-state index in [0.29, 0.717) is 0 Å². The van der Waals surface area contributed by atoms with Gasteiger partial charge in [-0.2, -0.15) is 0 Å². The van der Waals surface area contributed by atoms with Crippen LogP contribution in [0.25, 0.3) is 5.57 Å². The number of hydrogen-bond acceptors (Lipinski definition) is 1. The molecule has 0 aliphatic carbocycles. The molecule has 0 saturated heterocycles. The van der Waals surface area contributed by atoms with Gasteiger partial charge in [-0.25, -0.2) is 0 Å². The Morgan fingerprint density at radius 1 is 1.33 bits per heavy atom. The molecule has 0 heterocycles. The van der Waals surface area contributed by atoms with E-state index in [4.69, 9.17) is 5.11 Å². The average molecular weight is 162 g/mol. The van der Waals surface area contributed by atoms with Crippen LogP contribution in [0.1, 0.15) is 18.9 Å². The lowest BCUT2D eigenvalue weighted by atomic mass is 10.1. The smallest absolute Gasteiger partial charge is 0.0684 e. The highest BCUT2D eigenvalue weighted by Gasteiger charge is 1.96. The molecule has 0 saturated carbocycles. The fourth-order valence-electron chi connectivity index (χ4n) is 1.17. The van der Waals surface area contributed by atoms with Gasteiger partial charge >= 0.3 is 0 Å². The van der Waals surface area contributed by atoms with Crippen LogP contribution in [0.5, 0.6) is 0 Å². The molecule has 0 aromatic heterocycles. The van der Waals surface area contributed by atoms with Gasteiger partial charge in [0.05, 0.1) is 6.61 Å². The summed E-state index contributed by atoms with van der Waals surface area (Å²) in [6.07, 6.45) is 3.01. The van der Waals surface area contributed by atoms with Crippen LogP contribution in [0.3, 0.4) is 0 Å². The summed E-state index contributed by atoms with van der Waals surface area (Å²) in [6, 6.07) is 9.96. The molecule has 0 unspecified atom stereocenters. The number of rotatable bonds is 3. The highest BCUT2D eigenvalue weighted by atomic mass is 16.3. The molecule has 1 N–H and O–H groups in total. The van der Waals surface area contributed by atoms with E-state index in [1.807, 2.05) is 30.3 Å². The monoisotopic (exact) mass is 162 g/mol. The molecule has 1 rings (SSSR count). The van der Waals surface area contributed by atoms with Crippen LogP contribution in [-0.2, 0) is 0 Å². The van der Waals surface area contributed by atoms with Crippen LogP contribution in [-0.4, -0.2) is 11.7 Å². The van der Waals surface area contributed by atoms with E-state index >= 15 is 0 Å². The van der Waals surface area contributed by atoms with Crippen LogP contribution < -0.4 is 0 Å². The van der Waals surface area contributed by atoms with E-state index in [1.54, 1.807) is 0 Å². The molecule has 0 radical (unpaired) electrons. The molecule has 0 spiro atoms. The zero-order valence-corrected chi connectivity index (χ0v) is 7.33. The second-order valence-corrected chi connectivity index (χ2v) is 2.66. The van der Waals surface area contributed by atoms with Crippen molar-refractivity contribution in [3.63, 3.8) is 0 Å². The molecule has 1 aromatic carbocycles. The number of benzene rings is 1.